The van der Waals surface area contributed by atoms with Crippen LogP contribution in [0, 0.1) is 11.3 Å². The number of aliphatic hydroxyl groups is 1. The maximum Gasteiger partial charge on any atom is 0.407 e. The predicted molar refractivity (Wildman–Crippen MR) is 74.7 cm³/mol. The van der Waals surface area contributed by atoms with E-state index in [0.717, 1.165) is 18.4 Å². The molecular formula is C15H20N2O3. The highest BCUT2D eigenvalue weighted by molar-refractivity contribution is 5.67. The van der Waals surface area contributed by atoms with Gasteiger partial charge in [-0.3, -0.25) is 0 Å². The molecule has 0 fully saturated rings. The Morgan fingerprint density at radius 3 is 2.80 bits per heavy atom. The number of benzene rings is 1. The summed E-state index contributed by atoms with van der Waals surface area (Å²) in [5, 5.41) is 20.4. The van der Waals surface area contributed by atoms with Gasteiger partial charge in [-0.2, -0.15) is 5.26 Å². The number of alkyl carbamates (subject to hydrolysis) is 1. The van der Waals surface area contributed by atoms with Crippen LogP contribution in [0.1, 0.15) is 31.2 Å². The molecule has 108 valence electrons. The molecule has 1 aromatic carbocycles. The molecular weight excluding hydrogens is 256 g/mol. The second-order valence-corrected chi connectivity index (χ2v) is 4.50. The summed E-state index contributed by atoms with van der Waals surface area (Å²) in [5.41, 5.74) is 0.947. The van der Waals surface area contributed by atoms with Crippen molar-refractivity contribution in [1.82, 2.24) is 5.32 Å². The number of aliphatic hydroxyl groups excluding tert-OH is 1. The van der Waals surface area contributed by atoms with Crippen LogP contribution in [0.3, 0.4) is 0 Å². The fourth-order valence-electron chi connectivity index (χ4n) is 1.68. The number of amides is 1. The number of nitrogens with one attached hydrogen (secondary N) is 1. The molecule has 0 unspecified atom stereocenters. The van der Waals surface area contributed by atoms with E-state index in [4.69, 9.17) is 10.00 Å². The first-order chi connectivity index (χ1) is 9.72. The first kappa shape index (κ1) is 16.0. The Hall–Kier alpha value is -2.06. The Balaban J connectivity index is 2.02. The van der Waals surface area contributed by atoms with Gasteiger partial charge in [0.15, 0.2) is 0 Å². The van der Waals surface area contributed by atoms with E-state index in [-0.39, 0.29) is 13.0 Å². The van der Waals surface area contributed by atoms with Gasteiger partial charge in [-0.1, -0.05) is 30.3 Å². The third kappa shape index (κ3) is 7.39. The van der Waals surface area contributed by atoms with Gasteiger partial charge in [0, 0.05) is 6.54 Å². The molecule has 0 aliphatic rings. The Morgan fingerprint density at radius 1 is 1.35 bits per heavy atom. The smallest absolute Gasteiger partial charge is 0.407 e. The van der Waals surface area contributed by atoms with Crippen LogP contribution in [-0.2, 0) is 11.3 Å². The van der Waals surface area contributed by atoms with Crippen LogP contribution in [0.2, 0.25) is 0 Å². The quantitative estimate of drug-likeness (QED) is 0.714. The highest BCUT2D eigenvalue weighted by Gasteiger charge is 2.04. The van der Waals surface area contributed by atoms with Crippen molar-refractivity contribution in [3.63, 3.8) is 0 Å². The van der Waals surface area contributed by atoms with Gasteiger partial charge in [-0.15, -0.1) is 0 Å². The number of carbonyl (C=O) groups excluding carboxylic acids is 1. The third-order valence-electron chi connectivity index (χ3n) is 2.77. The normalized spacial score (nSPS) is 11.4. The van der Waals surface area contributed by atoms with Crippen molar-refractivity contribution in [1.29, 1.82) is 5.26 Å². The molecule has 0 bridgehead atoms. The van der Waals surface area contributed by atoms with Crippen molar-refractivity contribution in [3.8, 4) is 6.07 Å². The molecule has 0 aromatic heterocycles. The summed E-state index contributed by atoms with van der Waals surface area (Å²) in [6, 6.07) is 11.4. The number of rotatable bonds is 8. The number of nitrogens with zero attached hydrogens (tertiary/aromatic N) is 1. The van der Waals surface area contributed by atoms with E-state index in [0.29, 0.717) is 13.0 Å². The molecule has 0 aliphatic heterocycles. The lowest BCUT2D eigenvalue weighted by atomic mass is 10.1. The molecule has 0 saturated heterocycles. The van der Waals surface area contributed by atoms with Crippen molar-refractivity contribution in [2.75, 3.05) is 6.54 Å². The molecule has 1 atom stereocenters. The molecule has 0 radical (unpaired) electrons. The van der Waals surface area contributed by atoms with Crippen molar-refractivity contribution in [3.05, 3.63) is 35.9 Å². The van der Waals surface area contributed by atoms with Gasteiger partial charge in [0.05, 0.1) is 18.6 Å². The number of carbonyl (C=O) groups is 1. The van der Waals surface area contributed by atoms with Gasteiger partial charge in [-0.25, -0.2) is 4.79 Å². The van der Waals surface area contributed by atoms with Crippen molar-refractivity contribution >= 4 is 6.09 Å². The average molecular weight is 276 g/mol. The van der Waals surface area contributed by atoms with Crippen molar-refractivity contribution < 1.29 is 14.6 Å². The lowest BCUT2D eigenvalue weighted by Crippen LogP contribution is -2.25. The topological polar surface area (TPSA) is 82.4 Å². The van der Waals surface area contributed by atoms with Crippen LogP contribution in [0.4, 0.5) is 4.79 Å². The van der Waals surface area contributed by atoms with Gasteiger partial charge in [0.25, 0.3) is 0 Å². The molecule has 20 heavy (non-hydrogen) atoms. The minimum atomic E-state index is -0.565. The molecule has 0 saturated carbocycles. The summed E-state index contributed by atoms with van der Waals surface area (Å²) in [6.07, 6.45) is 1.25. The number of hydrogen-bond donors (Lipinski definition) is 2. The maximum absolute atomic E-state index is 11.4. The first-order valence-corrected chi connectivity index (χ1v) is 6.72. The third-order valence-corrected chi connectivity index (χ3v) is 2.77. The predicted octanol–water partition coefficient (Wildman–Crippen LogP) is 2.36. The van der Waals surface area contributed by atoms with E-state index >= 15 is 0 Å². The lowest BCUT2D eigenvalue weighted by molar-refractivity contribution is 0.139. The Morgan fingerprint density at radius 2 is 2.10 bits per heavy atom. The van der Waals surface area contributed by atoms with Crippen LogP contribution in [0.5, 0.6) is 0 Å². The molecule has 1 rings (SSSR count). The highest BCUT2D eigenvalue weighted by atomic mass is 16.5. The van der Waals surface area contributed by atoms with E-state index in [1.807, 2.05) is 36.4 Å². The van der Waals surface area contributed by atoms with Gasteiger partial charge in [0.2, 0.25) is 0 Å². The summed E-state index contributed by atoms with van der Waals surface area (Å²) in [7, 11) is 0. The highest BCUT2D eigenvalue weighted by Crippen LogP contribution is 2.03. The summed E-state index contributed by atoms with van der Waals surface area (Å²) in [6.45, 7) is 0.764. The molecule has 2 N–H and O–H groups in total. The summed E-state index contributed by atoms with van der Waals surface area (Å²) in [4.78, 5) is 11.4. The van der Waals surface area contributed by atoms with E-state index < -0.39 is 12.2 Å². The first-order valence-electron chi connectivity index (χ1n) is 6.72. The van der Waals surface area contributed by atoms with E-state index in [2.05, 4.69) is 5.32 Å². The molecule has 1 aromatic rings. The second-order valence-electron chi connectivity index (χ2n) is 4.50. The molecule has 5 nitrogen and oxygen atoms in total. The zero-order chi connectivity index (χ0) is 14.6. The standard InChI is InChI=1S/C15H20N2O3/c16-10-9-14(18)8-4-5-11-17-15(19)20-12-13-6-2-1-3-7-13/h1-3,6-7,14,18H,4-5,8-9,11-12H2,(H,17,19)/t14-/m1/s1. The minimum absolute atomic E-state index is 0.159. The van der Waals surface area contributed by atoms with Gasteiger partial charge >= 0.3 is 6.09 Å². The van der Waals surface area contributed by atoms with Crippen LogP contribution >= 0.6 is 0 Å². The van der Waals surface area contributed by atoms with Crippen LogP contribution in [0.25, 0.3) is 0 Å². The zero-order valence-corrected chi connectivity index (χ0v) is 11.4. The largest absolute Gasteiger partial charge is 0.445 e. The second kappa shape index (κ2) is 9.82. The monoisotopic (exact) mass is 276 g/mol. The van der Waals surface area contributed by atoms with E-state index in [1.165, 1.54) is 0 Å². The minimum Gasteiger partial charge on any atom is -0.445 e. The van der Waals surface area contributed by atoms with Crippen LogP contribution < -0.4 is 5.32 Å². The fourth-order valence-corrected chi connectivity index (χ4v) is 1.68. The molecule has 0 spiro atoms. The van der Waals surface area contributed by atoms with Crippen molar-refractivity contribution in [2.24, 2.45) is 0 Å². The van der Waals surface area contributed by atoms with Crippen molar-refractivity contribution in [2.45, 2.75) is 38.4 Å². The molecule has 5 heteroatoms. The maximum atomic E-state index is 11.4. The van der Waals surface area contributed by atoms with E-state index in [9.17, 15) is 9.90 Å². The number of unbranched alkanes of at least 4 members (excludes halogenated alkanes) is 1. The number of nitriles is 1. The average Bonchev–Trinajstić information content (AvgIpc) is 2.46. The lowest BCUT2D eigenvalue weighted by Gasteiger charge is -2.08. The van der Waals surface area contributed by atoms with Crippen LogP contribution in [-0.4, -0.2) is 23.8 Å². The summed E-state index contributed by atoms with van der Waals surface area (Å²) < 4.78 is 5.05. The summed E-state index contributed by atoms with van der Waals surface area (Å²) >= 11 is 0. The Labute approximate surface area is 119 Å². The Bertz CT molecular complexity index is 428. The Kier molecular flexibility index (Phi) is 7.85. The van der Waals surface area contributed by atoms with E-state index in [1.54, 1.807) is 0 Å². The number of ether oxygens (including phenoxy) is 1. The fraction of sp³-hybridized carbons (Fsp3) is 0.467. The van der Waals surface area contributed by atoms with Gasteiger partial charge in [-0.05, 0) is 24.8 Å². The summed E-state index contributed by atoms with van der Waals surface area (Å²) in [5.74, 6) is 0. The van der Waals surface area contributed by atoms with Gasteiger partial charge < -0.3 is 15.2 Å². The molecule has 0 heterocycles. The van der Waals surface area contributed by atoms with Gasteiger partial charge in [0.1, 0.15) is 6.61 Å². The zero-order valence-electron chi connectivity index (χ0n) is 11.4. The number of hydrogen-bond acceptors (Lipinski definition) is 4. The van der Waals surface area contributed by atoms with Crippen LogP contribution in [0.15, 0.2) is 30.3 Å². The molecule has 1 amide bonds. The molecule has 0 aliphatic carbocycles. The SMILES string of the molecule is N#CC[C@H](O)CCCCNC(=O)OCc1ccccc1.